The van der Waals surface area contributed by atoms with Gasteiger partial charge in [0.1, 0.15) is 12.4 Å². The molecule has 0 aromatic heterocycles. The molecule has 0 atom stereocenters. The monoisotopic (exact) mass is 309 g/mol. The summed E-state index contributed by atoms with van der Waals surface area (Å²) in [5.74, 6) is -2.00. The molecule has 2 rings (SSSR count). The van der Waals surface area contributed by atoms with Gasteiger partial charge in [0.2, 0.25) is 0 Å². The number of carboxylic acids is 1. The Bertz CT molecular complexity index is 555. The summed E-state index contributed by atoms with van der Waals surface area (Å²) in [5, 5.41) is 9.09. The van der Waals surface area contributed by atoms with Crippen LogP contribution in [0.2, 0.25) is 0 Å². The molecule has 1 saturated heterocycles. The molecule has 1 aromatic rings. The van der Waals surface area contributed by atoms with Crippen LogP contribution in [-0.2, 0) is 16.0 Å². The van der Waals surface area contributed by atoms with E-state index in [2.05, 4.69) is 0 Å². The smallest absolute Gasteiger partial charge is 0.323 e. The van der Waals surface area contributed by atoms with Crippen molar-refractivity contribution in [1.82, 2.24) is 4.90 Å². The van der Waals surface area contributed by atoms with E-state index >= 15 is 0 Å². The number of halogens is 1. The van der Waals surface area contributed by atoms with Gasteiger partial charge in [0, 0.05) is 24.8 Å². The first-order chi connectivity index (χ1) is 10.5. The summed E-state index contributed by atoms with van der Waals surface area (Å²) in [6.07, 6.45) is 1.77. The zero-order valence-corrected chi connectivity index (χ0v) is 12.5. The van der Waals surface area contributed by atoms with E-state index in [0.29, 0.717) is 38.0 Å². The number of carbonyl (C=O) groups is 2. The molecule has 1 fully saturated rings. The van der Waals surface area contributed by atoms with Gasteiger partial charge in [0.15, 0.2) is 0 Å². The van der Waals surface area contributed by atoms with Crippen LogP contribution in [-0.4, -0.2) is 47.7 Å². The van der Waals surface area contributed by atoms with Crippen molar-refractivity contribution in [3.63, 3.8) is 0 Å². The molecule has 120 valence electrons. The molecule has 6 heteroatoms. The Balaban J connectivity index is 2.31. The normalized spacial score (nSPS) is 15.5. The highest BCUT2D eigenvalue weighted by Crippen LogP contribution is 2.20. The number of carboxylic acid groups (broad SMARTS) is 1. The van der Waals surface area contributed by atoms with E-state index < -0.39 is 17.7 Å². The highest BCUT2D eigenvalue weighted by Gasteiger charge is 2.29. The van der Waals surface area contributed by atoms with E-state index in [1.165, 1.54) is 17.0 Å². The zero-order chi connectivity index (χ0) is 16.1. The van der Waals surface area contributed by atoms with Crippen LogP contribution in [0.25, 0.3) is 0 Å². The van der Waals surface area contributed by atoms with Crippen LogP contribution < -0.4 is 0 Å². The van der Waals surface area contributed by atoms with Gasteiger partial charge in [-0.15, -0.1) is 0 Å². The van der Waals surface area contributed by atoms with Gasteiger partial charge in [-0.05, 0) is 37.0 Å². The summed E-state index contributed by atoms with van der Waals surface area (Å²) in [7, 11) is 0. The maximum absolute atomic E-state index is 13.5. The molecular formula is C16H20FNO4. The van der Waals surface area contributed by atoms with Gasteiger partial charge in [0.05, 0.1) is 0 Å². The minimum Gasteiger partial charge on any atom is -0.480 e. The Kier molecular flexibility index (Phi) is 5.49. The summed E-state index contributed by atoms with van der Waals surface area (Å²) in [6, 6.07) is 3.89. The molecule has 1 amide bonds. The van der Waals surface area contributed by atoms with Crippen LogP contribution in [0, 0.1) is 5.82 Å². The van der Waals surface area contributed by atoms with Crippen LogP contribution in [0.3, 0.4) is 0 Å². The molecule has 0 unspecified atom stereocenters. The number of hydrogen-bond acceptors (Lipinski definition) is 3. The average molecular weight is 309 g/mol. The van der Waals surface area contributed by atoms with Crippen LogP contribution in [0.15, 0.2) is 18.2 Å². The third-order valence-electron chi connectivity index (χ3n) is 3.88. The van der Waals surface area contributed by atoms with Crippen molar-refractivity contribution >= 4 is 11.9 Å². The topological polar surface area (TPSA) is 66.8 Å². The van der Waals surface area contributed by atoms with Crippen molar-refractivity contribution in [1.29, 1.82) is 0 Å². The molecular weight excluding hydrogens is 289 g/mol. The summed E-state index contributed by atoms with van der Waals surface area (Å²) >= 11 is 0. The predicted octanol–water partition coefficient (Wildman–Crippen LogP) is 2.09. The first kappa shape index (κ1) is 16.4. The number of nitrogens with zero attached hydrogens (tertiary/aromatic N) is 1. The van der Waals surface area contributed by atoms with Gasteiger partial charge in [-0.3, -0.25) is 9.59 Å². The zero-order valence-electron chi connectivity index (χ0n) is 12.5. The lowest BCUT2D eigenvalue weighted by atomic mass is 10.0. The maximum Gasteiger partial charge on any atom is 0.323 e. The second kappa shape index (κ2) is 7.35. The lowest BCUT2D eigenvalue weighted by Crippen LogP contribution is -2.46. The standard InChI is InChI=1S/C16H20FNO4/c1-2-11-3-4-12(17)9-14(11)16(21)18(10-15(19)20)13-5-7-22-8-6-13/h3-4,9,13H,2,5-8,10H2,1H3,(H,19,20). The third-order valence-corrected chi connectivity index (χ3v) is 3.88. The number of carbonyl (C=O) groups excluding carboxylic acids is 1. The minimum atomic E-state index is -1.07. The van der Waals surface area contributed by atoms with Crippen LogP contribution in [0.5, 0.6) is 0 Å². The number of hydrogen-bond donors (Lipinski definition) is 1. The molecule has 0 saturated carbocycles. The van der Waals surface area contributed by atoms with Crippen LogP contribution in [0.4, 0.5) is 4.39 Å². The quantitative estimate of drug-likeness (QED) is 0.904. The highest BCUT2D eigenvalue weighted by molar-refractivity contribution is 5.97. The Morgan fingerprint density at radius 3 is 2.64 bits per heavy atom. The van der Waals surface area contributed by atoms with Crippen molar-refractivity contribution in [2.45, 2.75) is 32.2 Å². The van der Waals surface area contributed by atoms with Gasteiger partial charge >= 0.3 is 5.97 Å². The number of aliphatic carboxylic acids is 1. The van der Waals surface area contributed by atoms with Crippen LogP contribution in [0.1, 0.15) is 35.7 Å². The van der Waals surface area contributed by atoms with Crippen molar-refractivity contribution in [3.05, 3.63) is 35.1 Å². The number of amides is 1. The van der Waals surface area contributed by atoms with Crippen LogP contribution >= 0.6 is 0 Å². The van der Waals surface area contributed by atoms with Crippen molar-refractivity contribution < 1.29 is 23.8 Å². The molecule has 0 radical (unpaired) electrons. The van der Waals surface area contributed by atoms with Crippen molar-refractivity contribution in [2.75, 3.05) is 19.8 Å². The first-order valence-corrected chi connectivity index (χ1v) is 7.41. The fourth-order valence-electron chi connectivity index (χ4n) is 2.72. The molecule has 1 heterocycles. The maximum atomic E-state index is 13.5. The molecule has 1 N–H and O–H groups in total. The summed E-state index contributed by atoms with van der Waals surface area (Å²) in [5.41, 5.74) is 0.962. The largest absolute Gasteiger partial charge is 0.480 e. The fourth-order valence-corrected chi connectivity index (χ4v) is 2.72. The lowest BCUT2D eigenvalue weighted by molar-refractivity contribution is -0.138. The first-order valence-electron chi connectivity index (χ1n) is 7.41. The number of ether oxygens (including phenoxy) is 1. The number of aryl methyl sites for hydroxylation is 1. The van der Waals surface area contributed by atoms with E-state index in [1.807, 2.05) is 6.92 Å². The second-order valence-electron chi connectivity index (χ2n) is 5.33. The second-order valence-corrected chi connectivity index (χ2v) is 5.33. The fraction of sp³-hybridized carbons (Fsp3) is 0.500. The number of rotatable bonds is 5. The summed E-state index contributed by atoms with van der Waals surface area (Å²) in [4.78, 5) is 25.2. The summed E-state index contributed by atoms with van der Waals surface area (Å²) < 4.78 is 18.8. The Hall–Kier alpha value is -1.95. The average Bonchev–Trinajstić information content (AvgIpc) is 2.52. The third kappa shape index (κ3) is 3.82. The Morgan fingerprint density at radius 1 is 1.36 bits per heavy atom. The molecule has 22 heavy (non-hydrogen) atoms. The molecule has 0 bridgehead atoms. The minimum absolute atomic E-state index is 0.190. The SMILES string of the molecule is CCc1ccc(F)cc1C(=O)N(CC(=O)O)C1CCOCC1. The van der Waals surface area contributed by atoms with Gasteiger partial charge in [0.25, 0.3) is 5.91 Å². The highest BCUT2D eigenvalue weighted by atomic mass is 19.1. The van der Waals surface area contributed by atoms with Gasteiger partial charge in [-0.25, -0.2) is 4.39 Å². The van der Waals surface area contributed by atoms with E-state index in [4.69, 9.17) is 9.84 Å². The summed E-state index contributed by atoms with van der Waals surface area (Å²) in [6.45, 7) is 2.48. The molecule has 5 nitrogen and oxygen atoms in total. The van der Waals surface area contributed by atoms with Gasteiger partial charge in [-0.1, -0.05) is 13.0 Å². The lowest BCUT2D eigenvalue weighted by Gasteiger charge is -2.33. The van der Waals surface area contributed by atoms with Gasteiger partial charge in [-0.2, -0.15) is 0 Å². The predicted molar refractivity (Wildman–Crippen MR) is 78.3 cm³/mol. The Morgan fingerprint density at radius 2 is 2.05 bits per heavy atom. The molecule has 0 spiro atoms. The van der Waals surface area contributed by atoms with E-state index in [1.54, 1.807) is 6.07 Å². The van der Waals surface area contributed by atoms with Crippen molar-refractivity contribution in [3.8, 4) is 0 Å². The van der Waals surface area contributed by atoms with Gasteiger partial charge < -0.3 is 14.7 Å². The van der Waals surface area contributed by atoms with E-state index in [-0.39, 0.29) is 18.2 Å². The Labute approximate surface area is 128 Å². The van der Waals surface area contributed by atoms with E-state index in [0.717, 1.165) is 0 Å². The molecule has 1 aromatic carbocycles. The number of benzene rings is 1. The molecule has 1 aliphatic rings. The molecule has 0 aliphatic carbocycles. The molecule has 1 aliphatic heterocycles. The van der Waals surface area contributed by atoms with E-state index in [9.17, 15) is 14.0 Å². The van der Waals surface area contributed by atoms with Crippen molar-refractivity contribution in [2.24, 2.45) is 0 Å².